The molecule has 1 N–H and O–H groups in total. The van der Waals surface area contributed by atoms with E-state index in [1.807, 2.05) is 6.92 Å². The van der Waals surface area contributed by atoms with Gasteiger partial charge in [-0.05, 0) is 12.5 Å². The van der Waals surface area contributed by atoms with Crippen molar-refractivity contribution >= 4 is 11.7 Å². The maximum atomic E-state index is 13.0. The minimum Gasteiger partial charge on any atom is -0.503 e. The van der Waals surface area contributed by atoms with Crippen molar-refractivity contribution in [3.8, 4) is 11.5 Å². The molecule has 0 spiro atoms. The van der Waals surface area contributed by atoms with E-state index in [1.54, 1.807) is 39.0 Å². The van der Waals surface area contributed by atoms with E-state index in [1.165, 1.54) is 19.1 Å². The molecule has 0 saturated carbocycles. The predicted octanol–water partition coefficient (Wildman–Crippen LogP) is 3.42. The zero-order chi connectivity index (χ0) is 19.6. The first-order chi connectivity index (χ1) is 12.2. The van der Waals surface area contributed by atoms with Crippen LogP contribution in [0.1, 0.15) is 45.7 Å². The molecule has 1 heterocycles. The second kappa shape index (κ2) is 7.40. The van der Waals surface area contributed by atoms with Gasteiger partial charge in [0, 0.05) is 17.5 Å². The molecule has 142 valence electrons. The number of nitrogens with zero attached hydrogens (tertiary/aromatic N) is 1. The van der Waals surface area contributed by atoms with Gasteiger partial charge in [0.2, 0.25) is 0 Å². The highest BCUT2D eigenvalue weighted by Crippen LogP contribution is 2.46. The van der Waals surface area contributed by atoms with E-state index < -0.39 is 23.1 Å². The summed E-state index contributed by atoms with van der Waals surface area (Å²) in [5.74, 6) is -0.329. The van der Waals surface area contributed by atoms with Gasteiger partial charge in [-0.25, -0.2) is 0 Å². The van der Waals surface area contributed by atoms with Crippen LogP contribution in [0.4, 0.5) is 0 Å². The zero-order valence-electron chi connectivity index (χ0n) is 16.3. The first-order valence-corrected chi connectivity index (χ1v) is 8.68. The number of aliphatic hydroxyl groups excluding tert-OH is 1. The molecule has 2 rings (SSSR count). The number of ketones is 1. The Hall–Kier alpha value is -2.50. The van der Waals surface area contributed by atoms with Crippen molar-refractivity contribution in [2.45, 2.75) is 40.2 Å². The van der Waals surface area contributed by atoms with E-state index >= 15 is 0 Å². The van der Waals surface area contributed by atoms with Crippen LogP contribution in [0.2, 0.25) is 0 Å². The van der Waals surface area contributed by atoms with Gasteiger partial charge in [0.05, 0.1) is 25.8 Å². The topological polar surface area (TPSA) is 76.1 Å². The fourth-order valence-corrected chi connectivity index (χ4v) is 3.21. The molecule has 1 aromatic rings. The lowest BCUT2D eigenvalue weighted by Gasteiger charge is -2.29. The Morgan fingerprint density at radius 1 is 1.23 bits per heavy atom. The van der Waals surface area contributed by atoms with Crippen molar-refractivity contribution in [1.29, 1.82) is 0 Å². The van der Waals surface area contributed by atoms with Crippen molar-refractivity contribution in [3.63, 3.8) is 0 Å². The van der Waals surface area contributed by atoms with Crippen LogP contribution in [0, 0.1) is 5.41 Å². The first kappa shape index (κ1) is 19.8. The minimum absolute atomic E-state index is 0.113. The maximum absolute atomic E-state index is 13.0. The van der Waals surface area contributed by atoms with Crippen LogP contribution < -0.4 is 9.47 Å². The zero-order valence-corrected chi connectivity index (χ0v) is 16.3. The minimum atomic E-state index is -0.740. The number of carbonyl (C=O) groups is 2. The molecule has 0 aromatic heterocycles. The number of amides is 1. The van der Waals surface area contributed by atoms with Crippen molar-refractivity contribution in [2.75, 3.05) is 20.8 Å². The third-order valence-electron chi connectivity index (χ3n) is 4.42. The number of Topliss-reactive ketones (excluding diaryl/α,β-unsaturated/α-hetero) is 1. The number of hydrogen-bond acceptors (Lipinski definition) is 5. The molecular formula is C20H27NO5. The van der Waals surface area contributed by atoms with Crippen molar-refractivity contribution < 1.29 is 24.2 Å². The van der Waals surface area contributed by atoms with E-state index in [2.05, 4.69) is 0 Å². The molecular weight excluding hydrogens is 334 g/mol. The lowest BCUT2D eigenvalue weighted by atomic mass is 9.82. The van der Waals surface area contributed by atoms with Crippen LogP contribution in [0.15, 0.2) is 29.5 Å². The lowest BCUT2D eigenvalue weighted by Crippen LogP contribution is -2.33. The summed E-state index contributed by atoms with van der Waals surface area (Å²) < 4.78 is 10.9. The number of benzene rings is 1. The standard InChI is InChI=1S/C20H27NO5/c1-7-11-21-15(12-9-8-10-13(25-5)17(12)26-6)14(16(22)19(21)24)18(23)20(2,3)4/h8-10,15,22H,7,11H2,1-6H3. The summed E-state index contributed by atoms with van der Waals surface area (Å²) in [6.45, 7) is 7.65. The third-order valence-corrected chi connectivity index (χ3v) is 4.42. The number of rotatable bonds is 6. The number of carbonyl (C=O) groups excluding carboxylic acids is 2. The summed E-state index contributed by atoms with van der Waals surface area (Å²) in [7, 11) is 3.04. The Kier molecular flexibility index (Phi) is 5.64. The fourth-order valence-electron chi connectivity index (χ4n) is 3.21. The highest BCUT2D eigenvalue weighted by atomic mass is 16.5. The van der Waals surface area contributed by atoms with Crippen molar-refractivity contribution in [1.82, 2.24) is 4.90 Å². The molecule has 1 atom stereocenters. The number of para-hydroxylation sites is 1. The summed E-state index contributed by atoms with van der Waals surface area (Å²) in [4.78, 5) is 27.2. The maximum Gasteiger partial charge on any atom is 0.290 e. The van der Waals surface area contributed by atoms with Gasteiger partial charge < -0.3 is 19.5 Å². The summed E-state index contributed by atoms with van der Waals surface area (Å²) in [5, 5.41) is 10.5. The molecule has 26 heavy (non-hydrogen) atoms. The first-order valence-electron chi connectivity index (χ1n) is 8.68. The molecule has 1 aliphatic heterocycles. The number of methoxy groups -OCH3 is 2. The van der Waals surface area contributed by atoms with E-state index in [0.29, 0.717) is 30.0 Å². The molecule has 1 unspecified atom stereocenters. The summed E-state index contributed by atoms with van der Waals surface area (Å²) >= 11 is 0. The normalized spacial score (nSPS) is 17.7. The van der Waals surface area contributed by atoms with E-state index in [9.17, 15) is 14.7 Å². The largest absolute Gasteiger partial charge is 0.503 e. The van der Waals surface area contributed by atoms with Crippen LogP contribution in [0.5, 0.6) is 11.5 Å². The highest BCUT2D eigenvalue weighted by molar-refractivity contribution is 6.10. The molecule has 6 nitrogen and oxygen atoms in total. The molecule has 0 fully saturated rings. The van der Waals surface area contributed by atoms with Crippen molar-refractivity contribution in [2.24, 2.45) is 5.41 Å². The van der Waals surface area contributed by atoms with Gasteiger partial charge >= 0.3 is 0 Å². The number of ether oxygens (including phenoxy) is 2. The third kappa shape index (κ3) is 3.28. The lowest BCUT2D eigenvalue weighted by molar-refractivity contribution is -0.129. The Morgan fingerprint density at radius 2 is 1.88 bits per heavy atom. The average Bonchev–Trinajstić information content (AvgIpc) is 2.84. The SMILES string of the molecule is CCCN1C(=O)C(O)=C(C(=O)C(C)(C)C)C1c1cccc(OC)c1OC. The van der Waals surface area contributed by atoms with Crippen LogP contribution in [-0.4, -0.2) is 42.5 Å². The summed E-state index contributed by atoms with van der Waals surface area (Å²) in [6, 6.07) is 4.60. The van der Waals surface area contributed by atoms with Gasteiger partial charge in [-0.1, -0.05) is 39.8 Å². The Morgan fingerprint density at radius 3 is 2.38 bits per heavy atom. The number of hydrogen-bond donors (Lipinski definition) is 1. The summed E-state index contributed by atoms with van der Waals surface area (Å²) in [6.07, 6.45) is 0.693. The van der Waals surface area contributed by atoms with Gasteiger partial charge in [-0.2, -0.15) is 0 Å². The molecule has 0 radical (unpaired) electrons. The fraction of sp³-hybridized carbons (Fsp3) is 0.500. The van der Waals surface area contributed by atoms with E-state index in [4.69, 9.17) is 9.47 Å². The number of aliphatic hydroxyl groups is 1. The molecule has 1 amide bonds. The van der Waals surface area contributed by atoms with Gasteiger partial charge in [0.25, 0.3) is 5.91 Å². The van der Waals surface area contributed by atoms with Gasteiger partial charge in [-0.15, -0.1) is 0 Å². The summed E-state index contributed by atoms with van der Waals surface area (Å²) in [5.41, 5.74) is -0.0105. The monoisotopic (exact) mass is 361 g/mol. The molecule has 1 aromatic carbocycles. The van der Waals surface area contributed by atoms with E-state index in [0.717, 1.165) is 0 Å². The van der Waals surface area contributed by atoms with Crippen LogP contribution in [0.3, 0.4) is 0 Å². The average molecular weight is 361 g/mol. The van der Waals surface area contributed by atoms with Crippen LogP contribution in [-0.2, 0) is 9.59 Å². The Balaban J connectivity index is 2.72. The molecule has 0 saturated heterocycles. The smallest absolute Gasteiger partial charge is 0.290 e. The van der Waals surface area contributed by atoms with Gasteiger partial charge in [-0.3, -0.25) is 9.59 Å². The van der Waals surface area contributed by atoms with Crippen molar-refractivity contribution in [3.05, 3.63) is 35.1 Å². The molecule has 1 aliphatic rings. The molecule has 0 bridgehead atoms. The Bertz CT molecular complexity index is 745. The molecule has 6 heteroatoms. The quantitative estimate of drug-likeness (QED) is 0.840. The van der Waals surface area contributed by atoms with E-state index in [-0.39, 0.29) is 11.4 Å². The highest BCUT2D eigenvalue weighted by Gasteiger charge is 2.46. The second-order valence-electron chi connectivity index (χ2n) is 7.33. The van der Waals surface area contributed by atoms with Crippen LogP contribution >= 0.6 is 0 Å². The second-order valence-corrected chi connectivity index (χ2v) is 7.33. The van der Waals surface area contributed by atoms with Gasteiger partial charge in [0.1, 0.15) is 0 Å². The predicted molar refractivity (Wildman–Crippen MR) is 98.4 cm³/mol. The molecule has 0 aliphatic carbocycles. The van der Waals surface area contributed by atoms with Gasteiger partial charge in [0.15, 0.2) is 23.0 Å². The Labute approximate surface area is 154 Å². The van der Waals surface area contributed by atoms with Crippen LogP contribution in [0.25, 0.3) is 0 Å².